The summed E-state index contributed by atoms with van der Waals surface area (Å²) >= 11 is 0. The summed E-state index contributed by atoms with van der Waals surface area (Å²) in [5, 5.41) is 3.28. The van der Waals surface area contributed by atoms with Crippen molar-refractivity contribution < 1.29 is 9.18 Å². The van der Waals surface area contributed by atoms with E-state index in [0.29, 0.717) is 24.5 Å². The molecular weight excluding hydrogens is 317 g/mol. The van der Waals surface area contributed by atoms with E-state index in [1.165, 1.54) is 44.4 Å². The van der Waals surface area contributed by atoms with Gasteiger partial charge in [-0.15, -0.1) is 0 Å². The Bertz CT molecular complexity index is 601. The fourth-order valence-electron chi connectivity index (χ4n) is 4.26. The average Bonchev–Trinajstić information content (AvgIpc) is 3.30. The quantitative estimate of drug-likeness (QED) is 0.888. The van der Waals surface area contributed by atoms with E-state index >= 15 is 0 Å². The standard InChI is InChI=1S/C20H28FN3O/c21-17-7-5-16(6-8-17)14-24(13-15-3-4-15)20(25)22-18-9-11-23-10-1-2-19(23)12-18/h5-8,15,18-19H,1-4,9-14H2,(H,22,25)/t18-,19+/m0/s1. The third-order valence-corrected chi connectivity index (χ3v) is 5.90. The number of halogens is 1. The summed E-state index contributed by atoms with van der Waals surface area (Å²) in [6, 6.07) is 7.50. The van der Waals surface area contributed by atoms with Gasteiger partial charge in [-0.05, 0) is 68.7 Å². The van der Waals surface area contributed by atoms with Gasteiger partial charge in [0.05, 0.1) is 0 Å². The molecule has 25 heavy (non-hydrogen) atoms. The lowest BCUT2D eigenvalue weighted by atomic mass is 9.98. The van der Waals surface area contributed by atoms with Crippen molar-refractivity contribution in [2.75, 3.05) is 19.6 Å². The minimum atomic E-state index is -0.231. The molecule has 2 aliphatic heterocycles. The molecule has 0 bridgehead atoms. The summed E-state index contributed by atoms with van der Waals surface area (Å²) in [4.78, 5) is 17.4. The Balaban J connectivity index is 1.36. The van der Waals surface area contributed by atoms with Crippen molar-refractivity contribution in [3.8, 4) is 0 Å². The van der Waals surface area contributed by atoms with Crippen LogP contribution in [-0.2, 0) is 6.54 Å². The molecule has 1 N–H and O–H groups in total. The average molecular weight is 345 g/mol. The number of amides is 2. The molecule has 0 unspecified atom stereocenters. The molecule has 136 valence electrons. The monoisotopic (exact) mass is 345 g/mol. The first kappa shape index (κ1) is 16.8. The van der Waals surface area contributed by atoms with E-state index in [1.807, 2.05) is 4.90 Å². The van der Waals surface area contributed by atoms with Crippen molar-refractivity contribution >= 4 is 6.03 Å². The van der Waals surface area contributed by atoms with Crippen LogP contribution >= 0.6 is 0 Å². The van der Waals surface area contributed by atoms with Crippen LogP contribution < -0.4 is 5.32 Å². The lowest BCUT2D eigenvalue weighted by Crippen LogP contribution is -2.51. The number of nitrogens with one attached hydrogen (secondary N) is 1. The van der Waals surface area contributed by atoms with Crippen LogP contribution in [0.5, 0.6) is 0 Å². The van der Waals surface area contributed by atoms with Gasteiger partial charge in [-0.1, -0.05) is 12.1 Å². The van der Waals surface area contributed by atoms with Crippen molar-refractivity contribution in [2.45, 2.75) is 57.2 Å². The molecule has 4 nitrogen and oxygen atoms in total. The van der Waals surface area contributed by atoms with E-state index in [9.17, 15) is 9.18 Å². The minimum absolute atomic E-state index is 0.0488. The Morgan fingerprint density at radius 1 is 1.16 bits per heavy atom. The zero-order valence-electron chi connectivity index (χ0n) is 14.8. The molecule has 2 heterocycles. The largest absolute Gasteiger partial charge is 0.335 e. The third-order valence-electron chi connectivity index (χ3n) is 5.90. The zero-order chi connectivity index (χ0) is 17.2. The van der Waals surface area contributed by atoms with Crippen LogP contribution in [0.15, 0.2) is 24.3 Å². The molecule has 3 aliphatic rings. The molecule has 5 heteroatoms. The van der Waals surface area contributed by atoms with E-state index in [0.717, 1.165) is 31.5 Å². The maximum absolute atomic E-state index is 13.1. The highest BCUT2D eigenvalue weighted by molar-refractivity contribution is 5.74. The molecule has 4 rings (SSSR count). The summed E-state index contributed by atoms with van der Waals surface area (Å²) in [6.45, 7) is 3.70. The second-order valence-corrected chi connectivity index (χ2v) is 7.95. The number of urea groups is 1. The molecule has 1 saturated carbocycles. The fraction of sp³-hybridized carbons (Fsp3) is 0.650. The van der Waals surface area contributed by atoms with Crippen molar-refractivity contribution in [3.63, 3.8) is 0 Å². The normalized spacial score (nSPS) is 26.3. The van der Waals surface area contributed by atoms with Crippen molar-refractivity contribution in [2.24, 2.45) is 5.92 Å². The van der Waals surface area contributed by atoms with E-state index in [1.54, 1.807) is 12.1 Å². The van der Waals surface area contributed by atoms with E-state index in [-0.39, 0.29) is 11.8 Å². The summed E-state index contributed by atoms with van der Waals surface area (Å²) in [5.74, 6) is 0.410. The predicted molar refractivity (Wildman–Crippen MR) is 95.7 cm³/mol. The van der Waals surface area contributed by atoms with E-state index in [2.05, 4.69) is 10.2 Å². The summed E-state index contributed by atoms with van der Waals surface area (Å²) in [5.41, 5.74) is 0.989. The number of rotatable bonds is 5. The Labute approximate surface area is 149 Å². The van der Waals surface area contributed by atoms with Crippen LogP contribution in [0.2, 0.25) is 0 Å². The molecule has 1 aliphatic carbocycles. The number of carbonyl (C=O) groups excluding carboxylic acids is 1. The fourth-order valence-corrected chi connectivity index (χ4v) is 4.26. The van der Waals surface area contributed by atoms with E-state index in [4.69, 9.17) is 0 Å². The first-order chi connectivity index (χ1) is 12.2. The van der Waals surface area contributed by atoms with Crippen LogP contribution in [0.1, 0.15) is 44.1 Å². The zero-order valence-corrected chi connectivity index (χ0v) is 14.8. The number of carbonyl (C=O) groups is 1. The first-order valence-electron chi connectivity index (χ1n) is 9.71. The molecule has 2 saturated heterocycles. The number of benzene rings is 1. The molecule has 1 aromatic rings. The van der Waals surface area contributed by atoms with Gasteiger partial charge in [0.15, 0.2) is 0 Å². The highest BCUT2D eigenvalue weighted by Crippen LogP contribution is 2.31. The highest BCUT2D eigenvalue weighted by atomic mass is 19.1. The summed E-state index contributed by atoms with van der Waals surface area (Å²) in [7, 11) is 0. The Hall–Kier alpha value is -1.62. The van der Waals surface area contributed by atoms with Gasteiger partial charge < -0.3 is 15.1 Å². The lowest BCUT2D eigenvalue weighted by molar-refractivity contribution is 0.152. The maximum Gasteiger partial charge on any atom is 0.317 e. The van der Waals surface area contributed by atoms with Crippen molar-refractivity contribution in [1.29, 1.82) is 0 Å². The van der Waals surface area contributed by atoms with Crippen LogP contribution in [0.25, 0.3) is 0 Å². The lowest BCUT2D eigenvalue weighted by Gasteiger charge is -2.36. The van der Waals surface area contributed by atoms with Crippen LogP contribution in [0, 0.1) is 11.7 Å². The van der Waals surface area contributed by atoms with Crippen LogP contribution in [-0.4, -0.2) is 47.5 Å². The van der Waals surface area contributed by atoms with Crippen molar-refractivity contribution in [3.05, 3.63) is 35.6 Å². The number of piperidine rings is 1. The maximum atomic E-state index is 13.1. The van der Waals surface area contributed by atoms with Gasteiger partial charge in [0, 0.05) is 31.7 Å². The number of hydrogen-bond donors (Lipinski definition) is 1. The number of nitrogens with zero attached hydrogens (tertiary/aromatic N) is 2. The molecule has 0 spiro atoms. The van der Waals surface area contributed by atoms with Gasteiger partial charge >= 0.3 is 6.03 Å². The van der Waals surface area contributed by atoms with Gasteiger partial charge in [-0.3, -0.25) is 0 Å². The Morgan fingerprint density at radius 2 is 1.96 bits per heavy atom. The second-order valence-electron chi connectivity index (χ2n) is 7.95. The SMILES string of the molecule is O=C(N[C@H]1CCN2CCC[C@@H]2C1)N(Cc1ccc(F)cc1)CC1CC1. The van der Waals surface area contributed by atoms with Crippen molar-refractivity contribution in [1.82, 2.24) is 15.1 Å². The molecule has 0 aromatic heterocycles. The number of hydrogen-bond acceptors (Lipinski definition) is 2. The smallest absolute Gasteiger partial charge is 0.317 e. The van der Waals surface area contributed by atoms with Crippen LogP contribution in [0.3, 0.4) is 0 Å². The number of fused-ring (bicyclic) bond motifs is 1. The van der Waals surface area contributed by atoms with Gasteiger partial charge in [-0.2, -0.15) is 0 Å². The molecule has 0 radical (unpaired) electrons. The van der Waals surface area contributed by atoms with Gasteiger partial charge in [0.2, 0.25) is 0 Å². The molecule has 2 atom stereocenters. The summed E-state index contributed by atoms with van der Waals surface area (Å²) < 4.78 is 13.1. The highest BCUT2D eigenvalue weighted by Gasteiger charge is 2.33. The van der Waals surface area contributed by atoms with Gasteiger partial charge in [0.1, 0.15) is 5.82 Å². The first-order valence-corrected chi connectivity index (χ1v) is 9.71. The molecular formula is C20H28FN3O. The predicted octanol–water partition coefficient (Wildman–Crippen LogP) is 3.37. The minimum Gasteiger partial charge on any atom is -0.335 e. The van der Waals surface area contributed by atoms with Gasteiger partial charge in [0.25, 0.3) is 0 Å². The summed E-state index contributed by atoms with van der Waals surface area (Å²) in [6.07, 6.45) is 7.13. The topological polar surface area (TPSA) is 35.6 Å². The Kier molecular flexibility index (Phi) is 4.93. The molecule has 1 aromatic carbocycles. The molecule has 2 amide bonds. The van der Waals surface area contributed by atoms with E-state index < -0.39 is 0 Å². The Morgan fingerprint density at radius 3 is 2.72 bits per heavy atom. The molecule has 3 fully saturated rings. The second kappa shape index (κ2) is 7.32. The van der Waals surface area contributed by atoms with Crippen LogP contribution in [0.4, 0.5) is 9.18 Å². The third kappa shape index (κ3) is 4.32. The van der Waals surface area contributed by atoms with Gasteiger partial charge in [-0.25, -0.2) is 9.18 Å².